The molecule has 2 N–H and O–H groups in total. The van der Waals surface area contributed by atoms with Gasteiger partial charge in [0, 0.05) is 42.3 Å². The summed E-state index contributed by atoms with van der Waals surface area (Å²) in [5, 5.41) is 2.91. The summed E-state index contributed by atoms with van der Waals surface area (Å²) in [6.45, 7) is 0.939. The van der Waals surface area contributed by atoms with E-state index in [1.165, 1.54) is 22.5 Å². The van der Waals surface area contributed by atoms with Gasteiger partial charge in [-0.1, -0.05) is 24.4 Å². The predicted molar refractivity (Wildman–Crippen MR) is 121 cm³/mol. The number of rotatable bonds is 5. The first kappa shape index (κ1) is 21.5. The van der Waals surface area contributed by atoms with E-state index in [1.54, 1.807) is 24.5 Å². The van der Waals surface area contributed by atoms with Gasteiger partial charge in [0.15, 0.2) is 0 Å². The molecule has 9 heteroatoms. The Kier molecular flexibility index (Phi) is 6.41. The molecule has 162 valence electrons. The predicted octanol–water partition coefficient (Wildman–Crippen LogP) is 4.55. The highest BCUT2D eigenvalue weighted by atomic mass is 35.5. The number of nitrogens with zero attached hydrogens (tertiary/aromatic N) is 2. The van der Waals surface area contributed by atoms with Crippen molar-refractivity contribution in [2.75, 3.05) is 18.4 Å². The van der Waals surface area contributed by atoms with Gasteiger partial charge in [0.25, 0.3) is 5.91 Å². The monoisotopic (exact) mass is 458 g/mol. The van der Waals surface area contributed by atoms with Crippen molar-refractivity contribution in [3.63, 3.8) is 0 Å². The van der Waals surface area contributed by atoms with Gasteiger partial charge in [-0.2, -0.15) is 4.31 Å². The molecule has 0 atom stereocenters. The highest BCUT2D eigenvalue weighted by Gasteiger charge is 2.28. The Balaban J connectivity index is 1.54. The van der Waals surface area contributed by atoms with E-state index >= 15 is 0 Å². The number of halogens is 1. The highest BCUT2D eigenvalue weighted by Crippen LogP contribution is 2.28. The van der Waals surface area contributed by atoms with E-state index in [2.05, 4.69) is 15.3 Å². The molecule has 1 amide bonds. The van der Waals surface area contributed by atoms with Crippen molar-refractivity contribution in [1.29, 1.82) is 0 Å². The molecule has 7 nitrogen and oxygen atoms in total. The third-order valence-electron chi connectivity index (χ3n) is 5.29. The Hall–Kier alpha value is -2.68. The number of anilines is 1. The summed E-state index contributed by atoms with van der Waals surface area (Å²) < 4.78 is 27.8. The normalized spacial score (nSPS) is 15.4. The molecule has 2 heterocycles. The first-order chi connectivity index (χ1) is 14.9. The largest absolute Gasteiger partial charge is 0.345 e. The van der Waals surface area contributed by atoms with Crippen molar-refractivity contribution < 1.29 is 13.2 Å². The summed E-state index contributed by atoms with van der Waals surface area (Å²) in [6, 6.07) is 11.5. The number of amides is 1. The van der Waals surface area contributed by atoms with Gasteiger partial charge in [-0.15, -0.1) is 0 Å². The van der Waals surface area contributed by atoms with Crippen LogP contribution < -0.4 is 5.32 Å². The molecular weight excluding hydrogens is 436 g/mol. The van der Waals surface area contributed by atoms with Gasteiger partial charge in [0.2, 0.25) is 10.0 Å². The van der Waals surface area contributed by atoms with Crippen molar-refractivity contribution in [2.24, 2.45) is 0 Å². The number of benzene rings is 2. The van der Waals surface area contributed by atoms with Gasteiger partial charge >= 0.3 is 0 Å². The Bertz CT molecular complexity index is 1150. The molecule has 1 aliphatic heterocycles. The van der Waals surface area contributed by atoms with E-state index in [4.69, 9.17) is 11.6 Å². The molecule has 0 unspecified atom stereocenters. The maximum absolute atomic E-state index is 13.1. The summed E-state index contributed by atoms with van der Waals surface area (Å²) >= 11 is 6.23. The van der Waals surface area contributed by atoms with Crippen LogP contribution in [0.3, 0.4) is 0 Å². The fourth-order valence-electron chi connectivity index (χ4n) is 3.60. The van der Waals surface area contributed by atoms with E-state index in [0.717, 1.165) is 37.1 Å². The van der Waals surface area contributed by atoms with Crippen molar-refractivity contribution in [3.8, 4) is 11.4 Å². The second-order valence-electron chi connectivity index (χ2n) is 7.43. The Labute approximate surface area is 186 Å². The minimum absolute atomic E-state index is 0.0307. The average molecular weight is 459 g/mol. The standard InChI is InChI=1S/C22H23ClN4O3S/c23-19-10-7-17(15-20(19)31(29,30)27-13-3-1-2-4-14-27)22(28)26-18-8-5-16(6-9-18)21-24-11-12-25-21/h5-12,15H,1-4,13-14H2,(H,24,25)(H,26,28). The van der Waals surface area contributed by atoms with Crippen LogP contribution in [0.2, 0.25) is 5.02 Å². The lowest BCUT2D eigenvalue weighted by Crippen LogP contribution is -2.32. The average Bonchev–Trinajstić information content (AvgIpc) is 3.16. The maximum atomic E-state index is 13.1. The molecule has 1 aromatic heterocycles. The van der Waals surface area contributed by atoms with Crippen LogP contribution in [0.5, 0.6) is 0 Å². The highest BCUT2D eigenvalue weighted by molar-refractivity contribution is 7.89. The molecule has 0 spiro atoms. The molecule has 0 radical (unpaired) electrons. The van der Waals surface area contributed by atoms with Crippen LogP contribution >= 0.6 is 11.6 Å². The minimum atomic E-state index is -3.76. The zero-order valence-corrected chi connectivity index (χ0v) is 18.4. The molecule has 31 heavy (non-hydrogen) atoms. The molecule has 3 aromatic rings. The molecule has 4 rings (SSSR count). The number of carbonyl (C=O) groups excluding carboxylic acids is 1. The molecule has 1 saturated heterocycles. The van der Waals surface area contributed by atoms with Crippen molar-refractivity contribution in [1.82, 2.24) is 14.3 Å². The number of sulfonamides is 1. The number of carbonyl (C=O) groups is 1. The van der Waals surface area contributed by atoms with Gasteiger partial charge in [-0.05, 0) is 55.3 Å². The number of hydrogen-bond donors (Lipinski definition) is 2. The summed E-state index contributed by atoms with van der Waals surface area (Å²) in [4.78, 5) is 20.0. The Morgan fingerprint density at radius 2 is 1.74 bits per heavy atom. The van der Waals surface area contributed by atoms with Crippen LogP contribution in [-0.2, 0) is 10.0 Å². The van der Waals surface area contributed by atoms with E-state index in [-0.39, 0.29) is 15.5 Å². The second kappa shape index (κ2) is 9.21. The fraction of sp³-hybridized carbons (Fsp3) is 0.273. The summed E-state index contributed by atoms with van der Waals surface area (Å²) in [7, 11) is -3.76. The van der Waals surface area contributed by atoms with E-state index in [9.17, 15) is 13.2 Å². The maximum Gasteiger partial charge on any atom is 0.255 e. The van der Waals surface area contributed by atoms with Gasteiger partial charge in [0.1, 0.15) is 10.7 Å². The zero-order valence-electron chi connectivity index (χ0n) is 16.8. The lowest BCUT2D eigenvalue weighted by molar-refractivity contribution is 0.102. The van der Waals surface area contributed by atoms with Crippen LogP contribution in [0, 0.1) is 0 Å². The Morgan fingerprint density at radius 1 is 1.03 bits per heavy atom. The van der Waals surface area contributed by atoms with Crippen LogP contribution in [-0.4, -0.2) is 41.7 Å². The Morgan fingerprint density at radius 3 is 2.39 bits per heavy atom. The number of aromatic nitrogens is 2. The topological polar surface area (TPSA) is 95.2 Å². The van der Waals surface area contributed by atoms with E-state index in [0.29, 0.717) is 18.8 Å². The van der Waals surface area contributed by atoms with Crippen molar-refractivity contribution in [2.45, 2.75) is 30.6 Å². The zero-order chi connectivity index (χ0) is 21.8. The molecule has 1 aliphatic rings. The summed E-state index contributed by atoms with van der Waals surface area (Å²) in [6.07, 6.45) is 7.09. The fourth-order valence-corrected chi connectivity index (χ4v) is 5.62. The van der Waals surface area contributed by atoms with Gasteiger partial charge < -0.3 is 10.3 Å². The summed E-state index contributed by atoms with van der Waals surface area (Å²) in [5.41, 5.74) is 1.71. The lowest BCUT2D eigenvalue weighted by atomic mass is 10.1. The third kappa shape index (κ3) is 4.81. The third-order valence-corrected chi connectivity index (χ3v) is 7.67. The lowest BCUT2D eigenvalue weighted by Gasteiger charge is -2.21. The van der Waals surface area contributed by atoms with E-state index < -0.39 is 15.9 Å². The van der Waals surface area contributed by atoms with Gasteiger partial charge in [-0.3, -0.25) is 4.79 Å². The summed E-state index contributed by atoms with van der Waals surface area (Å²) in [5.74, 6) is 0.327. The second-order valence-corrected chi connectivity index (χ2v) is 9.75. The smallest absolute Gasteiger partial charge is 0.255 e. The minimum Gasteiger partial charge on any atom is -0.345 e. The van der Waals surface area contributed by atoms with Crippen molar-refractivity contribution in [3.05, 3.63) is 65.4 Å². The van der Waals surface area contributed by atoms with Crippen LogP contribution in [0.4, 0.5) is 5.69 Å². The van der Waals surface area contributed by atoms with E-state index in [1.807, 2.05) is 12.1 Å². The molecule has 1 fully saturated rings. The number of nitrogens with one attached hydrogen (secondary N) is 2. The molecule has 0 bridgehead atoms. The SMILES string of the molecule is O=C(Nc1ccc(-c2ncc[nH]2)cc1)c1ccc(Cl)c(S(=O)(=O)N2CCCCCC2)c1. The van der Waals surface area contributed by atoms with Gasteiger partial charge in [-0.25, -0.2) is 13.4 Å². The van der Waals surface area contributed by atoms with Gasteiger partial charge in [0.05, 0.1) is 5.02 Å². The first-order valence-corrected chi connectivity index (χ1v) is 12.0. The first-order valence-electron chi connectivity index (χ1n) is 10.2. The molecule has 2 aromatic carbocycles. The van der Waals surface area contributed by atoms with Crippen LogP contribution in [0.15, 0.2) is 59.8 Å². The molecule has 0 saturated carbocycles. The molecule has 0 aliphatic carbocycles. The number of H-pyrrole nitrogens is 1. The quantitative estimate of drug-likeness (QED) is 0.586. The number of hydrogen-bond acceptors (Lipinski definition) is 4. The van der Waals surface area contributed by atoms with Crippen LogP contribution in [0.1, 0.15) is 36.0 Å². The van der Waals surface area contributed by atoms with Crippen LogP contribution in [0.25, 0.3) is 11.4 Å². The van der Waals surface area contributed by atoms with Crippen molar-refractivity contribution >= 4 is 33.2 Å². The molecular formula is C22H23ClN4O3S. The number of aromatic amines is 1. The number of imidazole rings is 1.